The van der Waals surface area contributed by atoms with Gasteiger partial charge < -0.3 is 5.11 Å². The monoisotopic (exact) mass is 216 g/mol. The molecule has 0 aliphatic rings. The highest BCUT2D eigenvalue weighted by molar-refractivity contribution is 7.80. The smallest absolute Gasteiger partial charge is 0.188 e. The molecule has 0 aliphatic heterocycles. The summed E-state index contributed by atoms with van der Waals surface area (Å²) in [5.41, 5.74) is 0.701. The fourth-order valence-corrected chi connectivity index (χ4v) is 1.10. The lowest BCUT2D eigenvalue weighted by Crippen LogP contribution is -1.91. The van der Waals surface area contributed by atoms with Gasteiger partial charge in [0, 0.05) is 5.56 Å². The SMILES string of the molecule is OC(=S)c1ccccc1.c1ccccc1. The second kappa shape index (κ2) is 6.74. The van der Waals surface area contributed by atoms with E-state index in [1.54, 1.807) is 12.1 Å². The molecular weight excluding hydrogens is 204 g/mol. The predicted octanol–water partition coefficient (Wildman–Crippen LogP) is 3.61. The van der Waals surface area contributed by atoms with Crippen LogP contribution in [0.15, 0.2) is 66.7 Å². The van der Waals surface area contributed by atoms with Crippen LogP contribution in [0.5, 0.6) is 0 Å². The van der Waals surface area contributed by atoms with Crippen LogP contribution in [0.25, 0.3) is 0 Å². The van der Waals surface area contributed by atoms with Gasteiger partial charge in [0.2, 0.25) is 0 Å². The molecule has 0 radical (unpaired) electrons. The molecule has 0 aromatic heterocycles. The first-order valence-corrected chi connectivity index (χ1v) is 5.00. The topological polar surface area (TPSA) is 20.2 Å². The average Bonchev–Trinajstić information content (AvgIpc) is 2.33. The second-order valence-electron chi connectivity index (χ2n) is 2.83. The number of aliphatic hydroxyl groups is 1. The summed E-state index contributed by atoms with van der Waals surface area (Å²) in [6.45, 7) is 0. The van der Waals surface area contributed by atoms with E-state index in [0.29, 0.717) is 5.56 Å². The molecular formula is C13H12OS. The third kappa shape index (κ3) is 4.93. The lowest BCUT2D eigenvalue weighted by Gasteiger charge is -1.91. The normalized spacial score (nSPS) is 8.53. The van der Waals surface area contributed by atoms with Gasteiger partial charge in [-0.25, -0.2) is 0 Å². The molecule has 0 atom stereocenters. The molecule has 0 bridgehead atoms. The van der Waals surface area contributed by atoms with Crippen molar-refractivity contribution in [1.82, 2.24) is 0 Å². The summed E-state index contributed by atoms with van der Waals surface area (Å²) in [4.78, 5) is 0. The minimum absolute atomic E-state index is 0.0457. The molecule has 2 aromatic carbocycles. The van der Waals surface area contributed by atoms with E-state index in [9.17, 15) is 0 Å². The molecule has 2 rings (SSSR count). The quantitative estimate of drug-likeness (QED) is 0.735. The molecule has 76 valence electrons. The second-order valence-corrected chi connectivity index (χ2v) is 3.21. The number of rotatable bonds is 1. The Morgan fingerprint density at radius 3 is 1.33 bits per heavy atom. The van der Waals surface area contributed by atoms with Crippen molar-refractivity contribution < 1.29 is 5.11 Å². The Kier molecular flexibility index (Phi) is 5.12. The highest BCUT2D eigenvalue weighted by Crippen LogP contribution is 1.97. The van der Waals surface area contributed by atoms with Crippen molar-refractivity contribution >= 4 is 17.3 Å². The van der Waals surface area contributed by atoms with Crippen LogP contribution in [0.2, 0.25) is 0 Å². The maximum absolute atomic E-state index is 8.76. The van der Waals surface area contributed by atoms with Crippen LogP contribution >= 0.6 is 12.2 Å². The van der Waals surface area contributed by atoms with Crippen LogP contribution < -0.4 is 0 Å². The zero-order valence-corrected chi connectivity index (χ0v) is 9.02. The zero-order chi connectivity index (χ0) is 10.9. The van der Waals surface area contributed by atoms with E-state index in [0.717, 1.165) is 0 Å². The molecule has 0 unspecified atom stereocenters. The van der Waals surface area contributed by atoms with Crippen LogP contribution in [0.3, 0.4) is 0 Å². The van der Waals surface area contributed by atoms with Gasteiger partial charge in [0.25, 0.3) is 0 Å². The Balaban J connectivity index is 0.000000162. The van der Waals surface area contributed by atoms with Crippen molar-refractivity contribution in [3.8, 4) is 0 Å². The van der Waals surface area contributed by atoms with Crippen LogP contribution in [0.4, 0.5) is 0 Å². The first-order chi connectivity index (χ1) is 7.30. The summed E-state index contributed by atoms with van der Waals surface area (Å²) in [6, 6.07) is 21.1. The zero-order valence-electron chi connectivity index (χ0n) is 8.21. The average molecular weight is 216 g/mol. The third-order valence-electron chi connectivity index (χ3n) is 1.69. The van der Waals surface area contributed by atoms with Gasteiger partial charge in [-0.05, 0) is 12.2 Å². The van der Waals surface area contributed by atoms with E-state index in [2.05, 4.69) is 12.2 Å². The van der Waals surface area contributed by atoms with Crippen LogP contribution in [0.1, 0.15) is 5.56 Å². The Labute approximate surface area is 95.0 Å². The number of hydrogen-bond acceptors (Lipinski definition) is 1. The molecule has 1 nitrogen and oxygen atoms in total. The van der Waals surface area contributed by atoms with Crippen molar-refractivity contribution in [2.24, 2.45) is 0 Å². The summed E-state index contributed by atoms with van der Waals surface area (Å²) in [6.07, 6.45) is 0. The molecule has 0 spiro atoms. The fraction of sp³-hybridized carbons (Fsp3) is 0. The summed E-state index contributed by atoms with van der Waals surface area (Å²) in [7, 11) is 0. The Morgan fingerprint density at radius 2 is 1.07 bits per heavy atom. The van der Waals surface area contributed by atoms with E-state index in [1.165, 1.54) is 0 Å². The van der Waals surface area contributed by atoms with Gasteiger partial charge in [0.05, 0.1) is 0 Å². The van der Waals surface area contributed by atoms with Gasteiger partial charge in [-0.1, -0.05) is 66.7 Å². The Bertz CT molecular complexity index is 357. The van der Waals surface area contributed by atoms with E-state index >= 15 is 0 Å². The minimum Gasteiger partial charge on any atom is -0.499 e. The number of benzene rings is 2. The maximum Gasteiger partial charge on any atom is 0.188 e. The molecule has 2 heteroatoms. The summed E-state index contributed by atoms with van der Waals surface area (Å²) in [5.74, 6) is 0. The summed E-state index contributed by atoms with van der Waals surface area (Å²) in [5, 5.41) is 8.71. The predicted molar refractivity (Wildman–Crippen MR) is 67.2 cm³/mol. The van der Waals surface area contributed by atoms with Gasteiger partial charge in [0.1, 0.15) is 0 Å². The number of thiocarbonyl (C=S) groups is 1. The lowest BCUT2D eigenvalue weighted by molar-refractivity contribution is 0.571. The number of aliphatic hydroxyl groups excluding tert-OH is 1. The number of hydrogen-bond donors (Lipinski definition) is 1. The Morgan fingerprint density at radius 1 is 0.733 bits per heavy atom. The van der Waals surface area contributed by atoms with Gasteiger partial charge >= 0.3 is 0 Å². The first-order valence-electron chi connectivity index (χ1n) is 4.59. The van der Waals surface area contributed by atoms with Gasteiger partial charge in [0.15, 0.2) is 5.05 Å². The van der Waals surface area contributed by atoms with Gasteiger partial charge in [-0.15, -0.1) is 0 Å². The molecule has 0 aliphatic carbocycles. The summed E-state index contributed by atoms with van der Waals surface area (Å²) < 4.78 is 0. The molecule has 2 aromatic rings. The maximum atomic E-state index is 8.76. The van der Waals surface area contributed by atoms with Crippen molar-refractivity contribution in [3.05, 3.63) is 72.3 Å². The van der Waals surface area contributed by atoms with Crippen LogP contribution in [0, 0.1) is 0 Å². The van der Waals surface area contributed by atoms with E-state index < -0.39 is 0 Å². The highest BCUT2D eigenvalue weighted by Gasteiger charge is 1.91. The highest BCUT2D eigenvalue weighted by atomic mass is 32.1. The van der Waals surface area contributed by atoms with E-state index in [-0.39, 0.29) is 5.05 Å². The van der Waals surface area contributed by atoms with Gasteiger partial charge in [-0.3, -0.25) is 0 Å². The van der Waals surface area contributed by atoms with Gasteiger partial charge in [-0.2, -0.15) is 0 Å². The molecule has 0 saturated carbocycles. The summed E-state index contributed by atoms with van der Waals surface area (Å²) >= 11 is 4.52. The van der Waals surface area contributed by atoms with Crippen molar-refractivity contribution in [3.63, 3.8) is 0 Å². The molecule has 0 fully saturated rings. The van der Waals surface area contributed by atoms with E-state index in [4.69, 9.17) is 5.11 Å². The first kappa shape index (κ1) is 11.4. The molecule has 1 N–H and O–H groups in total. The van der Waals surface area contributed by atoms with Crippen LogP contribution in [-0.2, 0) is 0 Å². The minimum atomic E-state index is -0.0457. The Hall–Kier alpha value is -1.67. The molecule has 0 saturated heterocycles. The fourth-order valence-electron chi connectivity index (χ4n) is 0.966. The third-order valence-corrected chi connectivity index (χ3v) is 1.92. The van der Waals surface area contributed by atoms with Crippen molar-refractivity contribution in [2.75, 3.05) is 0 Å². The van der Waals surface area contributed by atoms with Crippen molar-refractivity contribution in [2.45, 2.75) is 0 Å². The molecule has 15 heavy (non-hydrogen) atoms. The van der Waals surface area contributed by atoms with Crippen molar-refractivity contribution in [1.29, 1.82) is 0 Å². The van der Waals surface area contributed by atoms with Crippen LogP contribution in [-0.4, -0.2) is 10.2 Å². The largest absolute Gasteiger partial charge is 0.499 e. The molecule has 0 heterocycles. The molecule has 0 amide bonds. The van der Waals surface area contributed by atoms with E-state index in [1.807, 2.05) is 54.6 Å². The lowest BCUT2D eigenvalue weighted by atomic mass is 10.2. The standard InChI is InChI=1S/C7H6OS.C6H6/c8-7(9)6-4-2-1-3-5-6;1-2-4-6-5-3-1/h1-5H,(H,8,9);1-6H.